The van der Waals surface area contributed by atoms with Gasteiger partial charge < -0.3 is 20.6 Å². The average Bonchev–Trinajstić information content (AvgIpc) is 2.68. The summed E-state index contributed by atoms with van der Waals surface area (Å²) in [5.41, 5.74) is 7.50. The number of carbonyl (C=O) groups is 1. The summed E-state index contributed by atoms with van der Waals surface area (Å²) in [5, 5.41) is 16.6. The summed E-state index contributed by atoms with van der Waals surface area (Å²) in [6, 6.07) is 8.50. The Balaban J connectivity index is 0.00000280. The highest BCUT2D eigenvalue weighted by Gasteiger charge is 2.29. The van der Waals surface area contributed by atoms with Crippen LogP contribution in [0.15, 0.2) is 24.3 Å². The number of nitrogen functional groups attached to an aromatic ring is 1. The second kappa shape index (κ2) is 13.3. The van der Waals surface area contributed by atoms with Crippen molar-refractivity contribution >= 4 is 54.7 Å². The second-order valence-corrected chi connectivity index (χ2v) is 8.17. The molecule has 0 spiro atoms. The van der Waals surface area contributed by atoms with E-state index in [0.717, 1.165) is 50.9 Å². The van der Waals surface area contributed by atoms with Gasteiger partial charge >= 0.3 is 5.97 Å². The summed E-state index contributed by atoms with van der Waals surface area (Å²) in [5.74, 6) is 0.0627. The molecule has 1 heterocycles. The maximum absolute atomic E-state index is 11.1. The lowest BCUT2D eigenvalue weighted by atomic mass is 9.85. The minimum Gasteiger partial charge on any atom is -0.481 e. The number of hydrogen-bond donors (Lipinski definition) is 3. The zero-order chi connectivity index (χ0) is 19.4. The molecule has 1 aromatic carbocycles. The molecule has 2 fully saturated rings. The lowest BCUT2D eigenvalue weighted by Crippen LogP contribution is -2.42. The number of hydrogen-bond acceptors (Lipinski definition) is 4. The molecule has 0 bridgehead atoms. The second-order valence-electron chi connectivity index (χ2n) is 8.17. The van der Waals surface area contributed by atoms with E-state index in [-0.39, 0.29) is 49.0 Å². The van der Waals surface area contributed by atoms with Gasteiger partial charge in [0.05, 0.1) is 5.92 Å². The average molecular weight is 482 g/mol. The number of aliphatic carboxylic acids is 1. The minimum absolute atomic E-state index is 0. The van der Waals surface area contributed by atoms with Gasteiger partial charge in [-0.2, -0.15) is 0 Å². The first-order chi connectivity index (χ1) is 12.9. The van der Waals surface area contributed by atoms with E-state index in [4.69, 9.17) is 16.2 Å². The van der Waals surface area contributed by atoms with Gasteiger partial charge in [0.1, 0.15) is 5.84 Å². The number of piperidine rings is 1. The Kier molecular flexibility index (Phi) is 12.7. The van der Waals surface area contributed by atoms with Crippen molar-refractivity contribution in [2.24, 2.45) is 17.6 Å². The van der Waals surface area contributed by atoms with Gasteiger partial charge in [-0.25, -0.2) is 0 Å². The summed E-state index contributed by atoms with van der Waals surface area (Å²) in [7, 11) is 2.21. The molecule has 3 rings (SSSR count). The molecule has 0 unspecified atom stereocenters. The smallest absolute Gasteiger partial charge is 0.306 e. The fraction of sp³-hybridized carbons (Fsp3) is 0.619. The number of anilines is 1. The molecule has 4 N–H and O–H groups in total. The highest BCUT2D eigenvalue weighted by Crippen LogP contribution is 2.29. The Morgan fingerprint density at radius 1 is 1.07 bits per heavy atom. The molecule has 0 aromatic heterocycles. The summed E-state index contributed by atoms with van der Waals surface area (Å²) in [4.78, 5) is 16.0. The predicted octanol–water partition coefficient (Wildman–Crippen LogP) is 4.03. The van der Waals surface area contributed by atoms with Gasteiger partial charge in [-0.05, 0) is 75.8 Å². The zero-order valence-electron chi connectivity index (χ0n) is 17.5. The van der Waals surface area contributed by atoms with Crippen LogP contribution in [0.2, 0.25) is 0 Å². The third-order valence-corrected chi connectivity index (χ3v) is 6.37. The molecular formula is C21H35Cl3N4O2. The largest absolute Gasteiger partial charge is 0.481 e. The molecule has 0 atom stereocenters. The quantitative estimate of drug-likeness (QED) is 0.421. The third-order valence-electron chi connectivity index (χ3n) is 6.37. The van der Waals surface area contributed by atoms with E-state index in [1.807, 2.05) is 12.1 Å². The Bertz CT molecular complexity index is 659. The molecule has 2 aliphatic rings. The van der Waals surface area contributed by atoms with Gasteiger partial charge in [-0.15, -0.1) is 37.2 Å². The lowest BCUT2D eigenvalue weighted by molar-refractivity contribution is -0.143. The van der Waals surface area contributed by atoms with Crippen molar-refractivity contribution in [1.29, 1.82) is 5.41 Å². The summed E-state index contributed by atoms with van der Waals surface area (Å²) in [6.07, 6.45) is 6.02. The van der Waals surface area contributed by atoms with E-state index < -0.39 is 5.97 Å². The van der Waals surface area contributed by atoms with Crippen LogP contribution < -0.4 is 10.6 Å². The maximum atomic E-state index is 11.1. The number of amidine groups is 1. The molecule has 0 radical (unpaired) electrons. The van der Waals surface area contributed by atoms with Crippen molar-refractivity contribution in [2.45, 2.75) is 44.6 Å². The topological polar surface area (TPSA) is 93.7 Å². The standard InChI is InChI=1S/C21H32N4O2.3ClH/c1-24(18-6-4-17(5-7-18)21(26)27)14-15-10-12-25(13-11-15)19-8-2-16(3-9-19)20(22)23;;;/h2-3,8-9,15,17-18H,4-7,10-14H2,1H3,(H3,22,23)(H,26,27);3*1H/t17-,18-;;;. The molecule has 1 aliphatic heterocycles. The van der Waals surface area contributed by atoms with Crippen LogP contribution in [0.3, 0.4) is 0 Å². The lowest BCUT2D eigenvalue weighted by Gasteiger charge is -2.39. The predicted molar refractivity (Wildman–Crippen MR) is 130 cm³/mol. The Morgan fingerprint density at radius 2 is 1.60 bits per heavy atom. The number of nitrogens with zero attached hydrogens (tertiary/aromatic N) is 2. The van der Waals surface area contributed by atoms with Crippen molar-refractivity contribution in [1.82, 2.24) is 4.90 Å². The third kappa shape index (κ3) is 7.49. The summed E-state index contributed by atoms with van der Waals surface area (Å²) in [6.45, 7) is 3.23. The Labute approximate surface area is 198 Å². The number of carboxylic acid groups (broad SMARTS) is 1. The van der Waals surface area contributed by atoms with Crippen LogP contribution in [0.25, 0.3) is 0 Å². The fourth-order valence-corrected chi connectivity index (χ4v) is 4.55. The van der Waals surface area contributed by atoms with Crippen LogP contribution in [0.5, 0.6) is 0 Å². The molecule has 6 nitrogen and oxygen atoms in total. The molecule has 0 amide bonds. The first-order valence-electron chi connectivity index (χ1n) is 10.1. The van der Waals surface area contributed by atoms with E-state index in [2.05, 4.69) is 29.0 Å². The van der Waals surface area contributed by atoms with Crippen molar-refractivity contribution in [3.63, 3.8) is 0 Å². The van der Waals surface area contributed by atoms with Crippen molar-refractivity contribution in [2.75, 3.05) is 31.6 Å². The molecule has 1 aliphatic carbocycles. The summed E-state index contributed by atoms with van der Waals surface area (Å²) < 4.78 is 0. The molecule has 9 heteroatoms. The van der Waals surface area contributed by atoms with Crippen molar-refractivity contribution < 1.29 is 9.90 Å². The van der Waals surface area contributed by atoms with Gasteiger partial charge in [-0.1, -0.05) is 0 Å². The van der Waals surface area contributed by atoms with Gasteiger partial charge in [0.2, 0.25) is 0 Å². The molecule has 172 valence electrons. The number of nitrogens with two attached hydrogens (primary N) is 1. The van der Waals surface area contributed by atoms with E-state index in [1.54, 1.807) is 0 Å². The number of rotatable bonds is 6. The highest BCUT2D eigenvalue weighted by molar-refractivity contribution is 5.95. The fourth-order valence-electron chi connectivity index (χ4n) is 4.55. The van der Waals surface area contributed by atoms with Crippen molar-refractivity contribution in [3.8, 4) is 0 Å². The van der Waals surface area contributed by atoms with Gasteiger partial charge in [-0.3, -0.25) is 10.2 Å². The van der Waals surface area contributed by atoms with Gasteiger partial charge in [0.15, 0.2) is 0 Å². The van der Waals surface area contributed by atoms with Crippen LogP contribution in [0, 0.1) is 17.2 Å². The van der Waals surface area contributed by atoms with Gasteiger partial charge in [0, 0.05) is 36.9 Å². The number of benzene rings is 1. The molecule has 1 saturated carbocycles. The summed E-state index contributed by atoms with van der Waals surface area (Å²) >= 11 is 0. The Morgan fingerprint density at radius 3 is 2.07 bits per heavy atom. The normalized spacial score (nSPS) is 21.7. The van der Waals surface area contributed by atoms with E-state index in [9.17, 15) is 4.79 Å². The highest BCUT2D eigenvalue weighted by atomic mass is 35.5. The van der Waals surface area contributed by atoms with Crippen LogP contribution in [-0.4, -0.2) is 54.5 Å². The number of carboxylic acids is 1. The number of halogens is 3. The SMILES string of the molecule is CN(CC1CCN(c2ccc(C(=N)N)cc2)CC1)[C@H]1CC[C@H](C(=O)O)CC1.Cl.Cl.Cl. The molecule has 1 aromatic rings. The monoisotopic (exact) mass is 480 g/mol. The van der Waals surface area contributed by atoms with Crippen LogP contribution in [0.4, 0.5) is 5.69 Å². The first-order valence-corrected chi connectivity index (χ1v) is 10.1. The Hall–Kier alpha value is -1.21. The molecule has 1 saturated heterocycles. The van der Waals surface area contributed by atoms with Crippen molar-refractivity contribution in [3.05, 3.63) is 29.8 Å². The zero-order valence-corrected chi connectivity index (χ0v) is 19.9. The maximum Gasteiger partial charge on any atom is 0.306 e. The van der Waals surface area contributed by atoms with E-state index in [0.29, 0.717) is 12.0 Å². The number of nitrogens with one attached hydrogen (secondary N) is 1. The molecular weight excluding hydrogens is 447 g/mol. The van der Waals surface area contributed by atoms with Crippen LogP contribution in [0.1, 0.15) is 44.1 Å². The first kappa shape index (κ1) is 28.8. The van der Waals surface area contributed by atoms with Gasteiger partial charge in [0.25, 0.3) is 0 Å². The van der Waals surface area contributed by atoms with Crippen LogP contribution in [-0.2, 0) is 4.79 Å². The minimum atomic E-state index is -0.625. The molecule has 30 heavy (non-hydrogen) atoms. The van der Waals surface area contributed by atoms with E-state index in [1.165, 1.54) is 18.5 Å². The van der Waals surface area contributed by atoms with E-state index >= 15 is 0 Å². The van der Waals surface area contributed by atoms with Crippen LogP contribution >= 0.6 is 37.2 Å².